The number of hydrogen-bond acceptors (Lipinski definition) is 5. The van der Waals surface area contributed by atoms with E-state index in [0.717, 1.165) is 11.4 Å². The van der Waals surface area contributed by atoms with Crippen LogP contribution >= 0.6 is 11.9 Å². The Bertz CT molecular complexity index is 1010. The number of nitrogens with one attached hydrogen (secondary N) is 3. The zero-order chi connectivity index (χ0) is 20.6. The quantitative estimate of drug-likeness (QED) is 0.252. The summed E-state index contributed by atoms with van der Waals surface area (Å²) in [5.74, 6) is -0.982. The molecule has 0 aliphatic heterocycles. The highest BCUT2D eigenvalue weighted by Gasteiger charge is 2.10. The van der Waals surface area contributed by atoms with E-state index >= 15 is 0 Å². The molecule has 6 nitrogen and oxygen atoms in total. The molecule has 0 radical (unpaired) electrons. The van der Waals surface area contributed by atoms with Gasteiger partial charge in [-0.05, 0) is 66.5 Å². The fourth-order valence-corrected chi connectivity index (χ4v) is 3.10. The third kappa shape index (κ3) is 5.73. The average Bonchev–Trinajstić information content (AvgIpc) is 2.73. The third-order valence-electron chi connectivity index (χ3n) is 3.95. The van der Waals surface area contributed by atoms with Gasteiger partial charge in [0.1, 0.15) is 5.82 Å². The van der Waals surface area contributed by atoms with Crippen LogP contribution in [0.1, 0.15) is 20.7 Å². The topological polar surface area (TPSA) is 96.2 Å². The molecule has 2 amide bonds. The maximum Gasteiger partial charge on any atom is 0.258 e. The first-order chi connectivity index (χ1) is 14.0. The Balaban J connectivity index is 1.47. The smallest absolute Gasteiger partial charge is 0.258 e. The molecule has 0 heterocycles. The number of benzene rings is 3. The van der Waals surface area contributed by atoms with E-state index < -0.39 is 17.6 Å². The number of rotatable bonds is 8. The molecule has 0 aliphatic carbocycles. The number of anilines is 3. The van der Waals surface area contributed by atoms with Crippen molar-refractivity contribution in [2.24, 2.45) is 5.73 Å². The third-order valence-corrected chi connectivity index (χ3v) is 4.62. The van der Waals surface area contributed by atoms with Gasteiger partial charge in [0.25, 0.3) is 5.91 Å². The minimum absolute atomic E-state index is 0.00302. The molecule has 3 rings (SSSR count). The lowest BCUT2D eigenvalue weighted by atomic mass is 10.2. The van der Waals surface area contributed by atoms with Crippen LogP contribution < -0.4 is 21.1 Å². The molecular formula is C21H19FN4O2S. The van der Waals surface area contributed by atoms with Gasteiger partial charge in [-0.25, -0.2) is 4.39 Å². The molecule has 3 aromatic rings. The van der Waals surface area contributed by atoms with Crippen LogP contribution in [0.3, 0.4) is 0 Å². The monoisotopic (exact) mass is 410 g/mol. The highest BCUT2D eigenvalue weighted by atomic mass is 32.2. The van der Waals surface area contributed by atoms with E-state index in [9.17, 15) is 14.0 Å². The molecule has 0 unspecified atom stereocenters. The van der Waals surface area contributed by atoms with Crippen molar-refractivity contribution in [3.8, 4) is 0 Å². The van der Waals surface area contributed by atoms with Gasteiger partial charge in [-0.3, -0.25) is 9.59 Å². The summed E-state index contributed by atoms with van der Waals surface area (Å²) in [5.41, 5.74) is 7.91. The molecule has 0 saturated carbocycles. The predicted octanol–water partition coefficient (Wildman–Crippen LogP) is 4.31. The maximum atomic E-state index is 13.7. The fraction of sp³-hybridized carbons (Fsp3) is 0.0476. The first kappa shape index (κ1) is 20.2. The van der Waals surface area contributed by atoms with Crippen molar-refractivity contribution in [3.63, 3.8) is 0 Å². The molecule has 0 atom stereocenters. The standard InChI is InChI=1S/C21H19FN4O2S/c22-19-7-2-1-6-18(19)21(28)25-15-8-10-16(11-9-15)26-29-13-24-17-5-3-4-14(12-17)20(23)27/h1-12,24,26H,13H2,(H2,23,27)(H,25,28). The summed E-state index contributed by atoms with van der Waals surface area (Å²) >= 11 is 1.42. The second-order valence-electron chi connectivity index (χ2n) is 6.02. The van der Waals surface area contributed by atoms with Gasteiger partial charge in [0.05, 0.1) is 11.4 Å². The first-order valence-corrected chi connectivity index (χ1v) is 9.69. The highest BCUT2D eigenvalue weighted by molar-refractivity contribution is 8.00. The van der Waals surface area contributed by atoms with E-state index in [4.69, 9.17) is 5.73 Å². The summed E-state index contributed by atoms with van der Waals surface area (Å²) in [6.45, 7) is 0. The van der Waals surface area contributed by atoms with Gasteiger partial charge >= 0.3 is 0 Å². The number of primary amides is 1. The molecule has 29 heavy (non-hydrogen) atoms. The van der Waals surface area contributed by atoms with Gasteiger partial charge in [0.2, 0.25) is 5.91 Å². The number of carbonyl (C=O) groups excluding carboxylic acids is 2. The van der Waals surface area contributed by atoms with Crippen molar-refractivity contribution in [3.05, 3.63) is 89.7 Å². The largest absolute Gasteiger partial charge is 0.374 e. The first-order valence-electron chi connectivity index (χ1n) is 8.70. The Labute approximate surface area is 171 Å². The SMILES string of the molecule is NC(=O)c1cccc(NCSNc2ccc(NC(=O)c3ccccc3F)cc2)c1. The summed E-state index contributed by atoms with van der Waals surface area (Å²) in [5, 5.41) is 5.84. The van der Waals surface area contributed by atoms with Gasteiger partial charge in [-0.1, -0.05) is 18.2 Å². The van der Waals surface area contributed by atoms with Gasteiger partial charge in [-0.15, -0.1) is 0 Å². The summed E-state index contributed by atoms with van der Waals surface area (Å²) in [6.07, 6.45) is 0. The molecular weight excluding hydrogens is 391 g/mol. The van der Waals surface area contributed by atoms with Crippen LogP contribution in [-0.2, 0) is 0 Å². The van der Waals surface area contributed by atoms with Crippen molar-refractivity contribution in [2.75, 3.05) is 21.2 Å². The van der Waals surface area contributed by atoms with Crippen LogP contribution in [0.2, 0.25) is 0 Å². The van der Waals surface area contributed by atoms with E-state index in [0.29, 0.717) is 17.1 Å². The lowest BCUT2D eigenvalue weighted by Crippen LogP contribution is -2.13. The Kier molecular flexibility index (Phi) is 6.70. The lowest BCUT2D eigenvalue weighted by Gasteiger charge is -2.10. The van der Waals surface area contributed by atoms with Gasteiger partial charge in [0.15, 0.2) is 0 Å². The van der Waals surface area contributed by atoms with Crippen molar-refractivity contribution in [2.45, 2.75) is 0 Å². The van der Waals surface area contributed by atoms with Crippen LogP contribution in [0.4, 0.5) is 21.5 Å². The summed E-state index contributed by atoms with van der Waals surface area (Å²) < 4.78 is 16.8. The molecule has 8 heteroatoms. The summed E-state index contributed by atoms with van der Waals surface area (Å²) in [6, 6.07) is 19.8. The number of hydrogen-bond donors (Lipinski definition) is 4. The van der Waals surface area contributed by atoms with E-state index in [-0.39, 0.29) is 5.56 Å². The molecule has 3 aromatic carbocycles. The van der Waals surface area contributed by atoms with Crippen LogP contribution in [0, 0.1) is 5.82 Å². The van der Waals surface area contributed by atoms with E-state index in [1.54, 1.807) is 48.5 Å². The second kappa shape index (κ2) is 9.61. The minimum Gasteiger partial charge on any atom is -0.374 e. The van der Waals surface area contributed by atoms with E-state index in [1.165, 1.54) is 30.1 Å². The Morgan fingerprint density at radius 2 is 1.62 bits per heavy atom. The lowest BCUT2D eigenvalue weighted by molar-refractivity contribution is 0.0997. The van der Waals surface area contributed by atoms with Crippen molar-refractivity contribution < 1.29 is 14.0 Å². The fourth-order valence-electron chi connectivity index (χ4n) is 2.49. The minimum atomic E-state index is -0.562. The van der Waals surface area contributed by atoms with Gasteiger partial charge in [0, 0.05) is 22.6 Å². The van der Waals surface area contributed by atoms with Gasteiger partial charge in [-0.2, -0.15) is 0 Å². The molecule has 0 bridgehead atoms. The normalized spacial score (nSPS) is 10.2. The van der Waals surface area contributed by atoms with Crippen molar-refractivity contribution >= 4 is 40.8 Å². The van der Waals surface area contributed by atoms with E-state index in [2.05, 4.69) is 15.4 Å². The zero-order valence-electron chi connectivity index (χ0n) is 15.3. The second-order valence-corrected chi connectivity index (χ2v) is 6.81. The predicted molar refractivity (Wildman–Crippen MR) is 115 cm³/mol. The maximum absolute atomic E-state index is 13.7. The molecule has 5 N–H and O–H groups in total. The molecule has 0 spiro atoms. The number of carbonyl (C=O) groups is 2. The molecule has 0 fully saturated rings. The molecule has 0 saturated heterocycles. The number of nitrogens with two attached hydrogens (primary N) is 1. The van der Waals surface area contributed by atoms with E-state index in [1.807, 2.05) is 6.07 Å². The molecule has 0 aromatic heterocycles. The van der Waals surface area contributed by atoms with Crippen LogP contribution in [0.25, 0.3) is 0 Å². The Hall–Kier alpha value is -3.52. The van der Waals surface area contributed by atoms with Crippen LogP contribution in [0.15, 0.2) is 72.8 Å². The molecule has 148 valence electrons. The zero-order valence-corrected chi connectivity index (χ0v) is 16.1. The van der Waals surface area contributed by atoms with Gasteiger partial charge < -0.3 is 21.1 Å². The molecule has 0 aliphatic rings. The van der Waals surface area contributed by atoms with Crippen LogP contribution in [0.5, 0.6) is 0 Å². The van der Waals surface area contributed by atoms with Crippen LogP contribution in [-0.4, -0.2) is 17.7 Å². The average molecular weight is 410 g/mol. The Morgan fingerprint density at radius 3 is 2.34 bits per heavy atom. The number of halogens is 1. The number of amides is 2. The highest BCUT2D eigenvalue weighted by Crippen LogP contribution is 2.19. The Morgan fingerprint density at radius 1 is 0.897 bits per heavy atom. The van der Waals surface area contributed by atoms with Crippen molar-refractivity contribution in [1.82, 2.24) is 0 Å². The summed E-state index contributed by atoms with van der Waals surface area (Å²) in [4.78, 5) is 23.3. The summed E-state index contributed by atoms with van der Waals surface area (Å²) in [7, 11) is 0. The van der Waals surface area contributed by atoms with Crippen molar-refractivity contribution in [1.29, 1.82) is 0 Å².